The Balaban J connectivity index is 1.83. The van der Waals surface area contributed by atoms with Gasteiger partial charge in [0.2, 0.25) is 5.91 Å². The molecule has 36 heavy (non-hydrogen) atoms. The number of carbonyl (C=O) groups excluding carboxylic acids is 1. The molecule has 1 amide bonds. The van der Waals surface area contributed by atoms with Crippen molar-refractivity contribution in [3.05, 3.63) is 95.6 Å². The van der Waals surface area contributed by atoms with Crippen molar-refractivity contribution in [3.8, 4) is 5.75 Å². The van der Waals surface area contributed by atoms with Gasteiger partial charge in [0, 0.05) is 12.6 Å². The van der Waals surface area contributed by atoms with Crippen LogP contribution in [0.3, 0.4) is 0 Å². The van der Waals surface area contributed by atoms with E-state index in [0.29, 0.717) is 18.1 Å². The highest BCUT2D eigenvalue weighted by molar-refractivity contribution is 7.87. The molecular weight excluding hydrogens is 491 g/mol. The Kier molecular flexibility index (Phi) is 8.45. The van der Waals surface area contributed by atoms with Gasteiger partial charge in [0.1, 0.15) is 10.6 Å². The zero-order valence-corrected chi connectivity index (χ0v) is 21.0. The number of amides is 1. The average molecular weight is 520 g/mol. The summed E-state index contributed by atoms with van der Waals surface area (Å²) in [6, 6.07) is 18.9. The minimum atomic E-state index is -4.69. The number of benzene rings is 3. The molecular formula is C27H28F3NO4S. The second-order valence-corrected chi connectivity index (χ2v) is 10.2. The fourth-order valence-electron chi connectivity index (χ4n) is 3.85. The number of nitrogens with zero attached hydrogens (tertiary/aromatic N) is 1. The smallest absolute Gasteiger partial charge is 0.379 e. The van der Waals surface area contributed by atoms with E-state index < -0.39 is 26.8 Å². The lowest BCUT2D eigenvalue weighted by atomic mass is 9.94. The summed E-state index contributed by atoms with van der Waals surface area (Å²) in [5.41, 5.74) is 0.451. The third kappa shape index (κ3) is 6.66. The van der Waals surface area contributed by atoms with Gasteiger partial charge < -0.3 is 9.08 Å². The fraction of sp³-hybridized carbons (Fsp3) is 0.296. The summed E-state index contributed by atoms with van der Waals surface area (Å²) in [4.78, 5) is 14.5. The molecule has 0 heterocycles. The molecule has 0 aromatic heterocycles. The first-order valence-corrected chi connectivity index (χ1v) is 12.9. The van der Waals surface area contributed by atoms with Gasteiger partial charge in [-0.05, 0) is 61.7 Å². The first kappa shape index (κ1) is 27.3. The third-order valence-electron chi connectivity index (χ3n) is 5.72. The molecule has 0 spiro atoms. The molecule has 0 bridgehead atoms. The predicted octanol–water partition coefficient (Wildman–Crippen LogP) is 6.40. The van der Waals surface area contributed by atoms with E-state index in [1.165, 1.54) is 12.1 Å². The Morgan fingerprint density at radius 3 is 2.22 bits per heavy atom. The molecule has 0 N–H and O–H groups in total. The molecule has 0 radical (unpaired) electrons. The number of alkyl halides is 3. The lowest BCUT2D eigenvalue weighted by Gasteiger charge is -2.31. The van der Waals surface area contributed by atoms with Crippen LogP contribution in [0.25, 0.3) is 0 Å². The lowest BCUT2D eigenvalue weighted by molar-refractivity contribution is -0.138. The van der Waals surface area contributed by atoms with Crippen LogP contribution >= 0.6 is 0 Å². The maximum atomic E-state index is 13.4. The van der Waals surface area contributed by atoms with Crippen molar-refractivity contribution in [2.75, 3.05) is 0 Å². The Morgan fingerprint density at radius 2 is 1.61 bits per heavy atom. The SMILES string of the molecule is CC[C@H](C(=O)N(Cc1cccc(OS(=O)(=O)c2cccc(C(F)(F)F)c2)c1)C(C)C)c1ccccc1. The van der Waals surface area contributed by atoms with Gasteiger partial charge in [-0.1, -0.05) is 55.5 Å². The van der Waals surface area contributed by atoms with Gasteiger partial charge in [-0.25, -0.2) is 0 Å². The van der Waals surface area contributed by atoms with Gasteiger partial charge in [0.15, 0.2) is 0 Å². The standard InChI is InChI=1S/C27H28F3NO4S/c1-4-25(21-11-6-5-7-12-21)26(32)31(19(2)3)18-20-10-8-14-23(16-20)35-36(33,34)24-15-9-13-22(17-24)27(28,29)30/h5-17,19,25H,4,18H2,1-3H3/t25-/m0/s1. The molecule has 3 rings (SSSR count). The molecule has 0 saturated heterocycles. The maximum absolute atomic E-state index is 13.4. The van der Waals surface area contributed by atoms with E-state index in [9.17, 15) is 26.4 Å². The molecule has 3 aromatic rings. The third-order valence-corrected chi connectivity index (χ3v) is 6.97. The number of carbonyl (C=O) groups is 1. The van der Waals surface area contributed by atoms with Crippen molar-refractivity contribution in [1.29, 1.82) is 0 Å². The molecule has 0 aliphatic rings. The van der Waals surface area contributed by atoms with Crippen LogP contribution in [0.5, 0.6) is 5.75 Å². The normalized spacial score (nSPS) is 12.9. The summed E-state index contributed by atoms with van der Waals surface area (Å²) in [5, 5.41) is 0. The molecule has 3 aromatic carbocycles. The zero-order valence-electron chi connectivity index (χ0n) is 20.2. The van der Waals surface area contributed by atoms with E-state index >= 15 is 0 Å². The monoisotopic (exact) mass is 519 g/mol. The number of hydrogen-bond acceptors (Lipinski definition) is 4. The van der Waals surface area contributed by atoms with Crippen LogP contribution in [0.4, 0.5) is 13.2 Å². The second kappa shape index (κ2) is 11.2. The van der Waals surface area contributed by atoms with Crippen LogP contribution in [0.1, 0.15) is 49.8 Å². The Bertz CT molecular complexity index is 1290. The molecule has 0 aliphatic carbocycles. The topological polar surface area (TPSA) is 63.7 Å². The molecule has 1 atom stereocenters. The van der Waals surface area contributed by atoms with E-state index in [1.807, 2.05) is 51.1 Å². The highest BCUT2D eigenvalue weighted by Crippen LogP contribution is 2.31. The molecule has 5 nitrogen and oxygen atoms in total. The second-order valence-electron chi connectivity index (χ2n) is 8.64. The van der Waals surface area contributed by atoms with Crippen molar-refractivity contribution in [2.24, 2.45) is 0 Å². The van der Waals surface area contributed by atoms with Gasteiger partial charge >= 0.3 is 16.3 Å². The highest BCUT2D eigenvalue weighted by atomic mass is 32.2. The van der Waals surface area contributed by atoms with Crippen molar-refractivity contribution in [2.45, 2.75) is 56.8 Å². The Labute approximate surface area is 209 Å². The molecule has 0 aliphatic heterocycles. The van der Waals surface area contributed by atoms with Crippen molar-refractivity contribution in [1.82, 2.24) is 4.90 Å². The molecule has 192 valence electrons. The van der Waals surface area contributed by atoms with Crippen LogP contribution in [0.2, 0.25) is 0 Å². The fourth-order valence-corrected chi connectivity index (χ4v) is 4.82. The van der Waals surface area contributed by atoms with Crippen LogP contribution < -0.4 is 4.18 Å². The molecule has 0 unspecified atom stereocenters. The maximum Gasteiger partial charge on any atom is 0.416 e. The lowest BCUT2D eigenvalue weighted by Crippen LogP contribution is -2.39. The predicted molar refractivity (Wildman–Crippen MR) is 131 cm³/mol. The van der Waals surface area contributed by atoms with Crippen LogP contribution in [-0.2, 0) is 27.6 Å². The van der Waals surface area contributed by atoms with Crippen LogP contribution in [0.15, 0.2) is 83.8 Å². The largest absolute Gasteiger partial charge is 0.416 e. The van der Waals surface area contributed by atoms with E-state index in [1.54, 1.807) is 17.0 Å². The van der Waals surface area contributed by atoms with Crippen molar-refractivity contribution < 1.29 is 30.6 Å². The van der Waals surface area contributed by atoms with Gasteiger partial charge in [0.25, 0.3) is 0 Å². The molecule has 0 fully saturated rings. The van der Waals surface area contributed by atoms with Gasteiger partial charge in [-0.3, -0.25) is 4.79 Å². The van der Waals surface area contributed by atoms with Gasteiger partial charge in [-0.15, -0.1) is 0 Å². The Hall–Kier alpha value is -3.33. The quantitative estimate of drug-likeness (QED) is 0.307. The summed E-state index contributed by atoms with van der Waals surface area (Å²) in [5.74, 6) is -0.438. The summed E-state index contributed by atoms with van der Waals surface area (Å²) in [6.45, 7) is 5.95. The number of rotatable bonds is 9. The van der Waals surface area contributed by atoms with E-state index in [2.05, 4.69) is 0 Å². The first-order chi connectivity index (χ1) is 16.9. The average Bonchev–Trinajstić information content (AvgIpc) is 2.83. The highest BCUT2D eigenvalue weighted by Gasteiger charge is 2.32. The molecule has 9 heteroatoms. The van der Waals surface area contributed by atoms with Gasteiger partial charge in [0.05, 0.1) is 11.5 Å². The van der Waals surface area contributed by atoms with Crippen LogP contribution in [-0.4, -0.2) is 25.3 Å². The summed E-state index contributed by atoms with van der Waals surface area (Å²) in [7, 11) is -4.51. The van der Waals surface area contributed by atoms with E-state index in [4.69, 9.17) is 4.18 Å². The number of halogens is 3. The summed E-state index contributed by atoms with van der Waals surface area (Å²) in [6.07, 6.45) is -4.07. The van der Waals surface area contributed by atoms with E-state index in [0.717, 1.165) is 23.8 Å². The van der Waals surface area contributed by atoms with E-state index in [-0.39, 0.29) is 30.2 Å². The summed E-state index contributed by atoms with van der Waals surface area (Å²) < 4.78 is 69.5. The first-order valence-electron chi connectivity index (χ1n) is 11.5. The van der Waals surface area contributed by atoms with Crippen molar-refractivity contribution >= 4 is 16.0 Å². The zero-order chi connectivity index (χ0) is 26.5. The minimum absolute atomic E-state index is 0.0541. The minimum Gasteiger partial charge on any atom is -0.379 e. The molecule has 0 saturated carbocycles. The Morgan fingerprint density at radius 1 is 0.944 bits per heavy atom. The van der Waals surface area contributed by atoms with Crippen LogP contribution in [0, 0.1) is 0 Å². The van der Waals surface area contributed by atoms with Gasteiger partial charge in [-0.2, -0.15) is 21.6 Å². The number of hydrogen-bond donors (Lipinski definition) is 0. The van der Waals surface area contributed by atoms with Crippen molar-refractivity contribution in [3.63, 3.8) is 0 Å². The summed E-state index contributed by atoms with van der Waals surface area (Å²) >= 11 is 0.